The summed E-state index contributed by atoms with van der Waals surface area (Å²) in [5.41, 5.74) is 3.42. The molecule has 2 N–H and O–H groups in total. The number of rotatable bonds is 8. The zero-order valence-electron chi connectivity index (χ0n) is 11.6. The first-order chi connectivity index (χ1) is 9.29. The number of fused-ring (bicyclic) bond motifs is 1. The highest BCUT2D eigenvalue weighted by Gasteiger charge is 2.02. The van der Waals surface area contributed by atoms with Crippen LogP contribution >= 0.6 is 0 Å². The number of hydrogen-bond acceptors (Lipinski definition) is 4. The molecular formula is C14H22N4O. The fourth-order valence-corrected chi connectivity index (χ4v) is 2.04. The molecule has 1 aromatic carbocycles. The Labute approximate surface area is 114 Å². The van der Waals surface area contributed by atoms with Gasteiger partial charge >= 0.3 is 0 Å². The molecule has 0 unspecified atom stereocenters. The van der Waals surface area contributed by atoms with Crippen LogP contribution < -0.4 is 5.32 Å². The van der Waals surface area contributed by atoms with E-state index in [0.29, 0.717) is 0 Å². The molecule has 1 heterocycles. The molecule has 0 radical (unpaired) electrons. The fourth-order valence-electron chi connectivity index (χ4n) is 2.04. The van der Waals surface area contributed by atoms with Gasteiger partial charge in [0.1, 0.15) is 0 Å². The number of aromatic nitrogens is 2. The van der Waals surface area contributed by atoms with Crippen molar-refractivity contribution >= 4 is 11.0 Å². The van der Waals surface area contributed by atoms with Crippen LogP contribution in [0.5, 0.6) is 0 Å². The Kier molecular flexibility index (Phi) is 5.32. The Morgan fingerprint density at radius 3 is 3.11 bits per heavy atom. The van der Waals surface area contributed by atoms with E-state index in [9.17, 15) is 0 Å². The third-order valence-electron chi connectivity index (χ3n) is 3.09. The van der Waals surface area contributed by atoms with Crippen LogP contribution in [0.15, 0.2) is 24.5 Å². The molecule has 5 heteroatoms. The van der Waals surface area contributed by atoms with Crippen molar-refractivity contribution in [1.82, 2.24) is 20.2 Å². The second kappa shape index (κ2) is 7.23. The van der Waals surface area contributed by atoms with Crippen LogP contribution in [-0.2, 0) is 11.3 Å². The van der Waals surface area contributed by atoms with Crippen molar-refractivity contribution in [2.45, 2.75) is 6.54 Å². The molecule has 0 atom stereocenters. The number of methoxy groups -OCH3 is 1. The average molecular weight is 262 g/mol. The normalized spacial score (nSPS) is 11.5. The van der Waals surface area contributed by atoms with Crippen LogP contribution in [0.2, 0.25) is 0 Å². The highest BCUT2D eigenvalue weighted by molar-refractivity contribution is 5.74. The monoisotopic (exact) mass is 262 g/mol. The van der Waals surface area contributed by atoms with Gasteiger partial charge in [0, 0.05) is 33.3 Å². The van der Waals surface area contributed by atoms with E-state index >= 15 is 0 Å². The zero-order chi connectivity index (χ0) is 13.5. The molecule has 1 aromatic heterocycles. The average Bonchev–Trinajstić information content (AvgIpc) is 2.86. The van der Waals surface area contributed by atoms with Gasteiger partial charge in [-0.2, -0.15) is 0 Å². The van der Waals surface area contributed by atoms with E-state index in [-0.39, 0.29) is 0 Å². The van der Waals surface area contributed by atoms with Crippen LogP contribution in [0, 0.1) is 0 Å². The van der Waals surface area contributed by atoms with Crippen molar-refractivity contribution in [3.8, 4) is 0 Å². The molecule has 0 aliphatic heterocycles. The number of benzene rings is 1. The number of nitrogens with zero attached hydrogens (tertiary/aromatic N) is 2. The molecule has 5 nitrogen and oxygen atoms in total. The summed E-state index contributed by atoms with van der Waals surface area (Å²) < 4.78 is 4.99. The first kappa shape index (κ1) is 14.0. The van der Waals surface area contributed by atoms with Crippen LogP contribution in [0.25, 0.3) is 11.0 Å². The van der Waals surface area contributed by atoms with Gasteiger partial charge in [0.2, 0.25) is 0 Å². The summed E-state index contributed by atoms with van der Waals surface area (Å²) in [6.07, 6.45) is 1.73. The standard InChI is InChI=1S/C14H22N4O/c1-18(7-5-15-6-8-19-2)10-12-3-4-13-14(9-12)17-11-16-13/h3-4,9,11,15H,5-8,10H2,1-2H3,(H,16,17). The highest BCUT2D eigenvalue weighted by atomic mass is 16.5. The number of H-pyrrole nitrogens is 1. The molecule has 0 saturated carbocycles. The molecule has 0 bridgehead atoms. The van der Waals surface area contributed by atoms with E-state index in [1.807, 2.05) is 0 Å². The smallest absolute Gasteiger partial charge is 0.0931 e. The second-order valence-electron chi connectivity index (χ2n) is 4.73. The van der Waals surface area contributed by atoms with Gasteiger partial charge < -0.3 is 19.9 Å². The number of hydrogen-bond donors (Lipinski definition) is 2. The van der Waals surface area contributed by atoms with Crippen molar-refractivity contribution < 1.29 is 4.74 Å². The van der Waals surface area contributed by atoms with Crippen molar-refractivity contribution in [2.24, 2.45) is 0 Å². The van der Waals surface area contributed by atoms with Crippen LogP contribution in [0.4, 0.5) is 0 Å². The summed E-state index contributed by atoms with van der Waals surface area (Å²) in [7, 11) is 3.86. The molecule has 0 fully saturated rings. The summed E-state index contributed by atoms with van der Waals surface area (Å²) in [6, 6.07) is 6.36. The molecular weight excluding hydrogens is 240 g/mol. The predicted molar refractivity (Wildman–Crippen MR) is 77.2 cm³/mol. The maximum atomic E-state index is 4.99. The molecule has 0 aliphatic carbocycles. The molecule has 19 heavy (non-hydrogen) atoms. The lowest BCUT2D eigenvalue weighted by molar-refractivity contribution is 0.197. The molecule has 104 valence electrons. The van der Waals surface area contributed by atoms with E-state index < -0.39 is 0 Å². The number of likely N-dealkylation sites (N-methyl/N-ethyl adjacent to an activating group) is 1. The quantitative estimate of drug-likeness (QED) is 0.703. The van der Waals surface area contributed by atoms with Crippen molar-refractivity contribution in [2.75, 3.05) is 40.4 Å². The van der Waals surface area contributed by atoms with E-state index in [1.54, 1.807) is 13.4 Å². The zero-order valence-corrected chi connectivity index (χ0v) is 11.6. The molecule has 0 aliphatic rings. The van der Waals surface area contributed by atoms with Gasteiger partial charge in [-0.05, 0) is 24.7 Å². The predicted octanol–water partition coefficient (Wildman–Crippen LogP) is 1.23. The van der Waals surface area contributed by atoms with Crippen molar-refractivity contribution in [3.05, 3.63) is 30.1 Å². The minimum absolute atomic E-state index is 0.764. The molecule has 2 aromatic rings. The van der Waals surface area contributed by atoms with Gasteiger partial charge in [0.15, 0.2) is 0 Å². The van der Waals surface area contributed by atoms with Gasteiger partial charge in [-0.3, -0.25) is 0 Å². The SMILES string of the molecule is COCCNCCN(C)Cc1ccc2nc[nH]c2c1. The maximum absolute atomic E-state index is 4.99. The second-order valence-corrected chi connectivity index (χ2v) is 4.73. The minimum atomic E-state index is 0.764. The van der Waals surface area contributed by atoms with E-state index in [2.05, 4.69) is 45.4 Å². The first-order valence-electron chi connectivity index (χ1n) is 6.60. The lowest BCUT2D eigenvalue weighted by atomic mass is 10.2. The topological polar surface area (TPSA) is 53.2 Å². The van der Waals surface area contributed by atoms with Crippen LogP contribution in [0.3, 0.4) is 0 Å². The fraction of sp³-hybridized carbons (Fsp3) is 0.500. The Bertz CT molecular complexity index is 497. The highest BCUT2D eigenvalue weighted by Crippen LogP contribution is 2.12. The Balaban J connectivity index is 1.76. The van der Waals surface area contributed by atoms with Crippen LogP contribution in [-0.4, -0.2) is 55.3 Å². The largest absolute Gasteiger partial charge is 0.383 e. The molecule has 0 saturated heterocycles. The lowest BCUT2D eigenvalue weighted by Crippen LogP contribution is -2.30. The Hall–Kier alpha value is -1.43. The third-order valence-corrected chi connectivity index (χ3v) is 3.09. The molecule has 0 spiro atoms. The van der Waals surface area contributed by atoms with E-state index in [4.69, 9.17) is 4.74 Å². The van der Waals surface area contributed by atoms with Gasteiger partial charge in [-0.25, -0.2) is 4.98 Å². The van der Waals surface area contributed by atoms with Gasteiger partial charge in [-0.1, -0.05) is 6.07 Å². The summed E-state index contributed by atoms with van der Waals surface area (Å²) in [5.74, 6) is 0. The Morgan fingerprint density at radius 2 is 2.26 bits per heavy atom. The molecule has 2 rings (SSSR count). The third kappa shape index (κ3) is 4.31. The summed E-state index contributed by atoms with van der Waals surface area (Å²) in [5, 5.41) is 3.35. The van der Waals surface area contributed by atoms with Gasteiger partial charge in [0.25, 0.3) is 0 Å². The summed E-state index contributed by atoms with van der Waals surface area (Å²) in [6.45, 7) is 4.61. The van der Waals surface area contributed by atoms with Crippen molar-refractivity contribution in [1.29, 1.82) is 0 Å². The summed E-state index contributed by atoms with van der Waals surface area (Å²) >= 11 is 0. The summed E-state index contributed by atoms with van der Waals surface area (Å²) in [4.78, 5) is 9.67. The van der Waals surface area contributed by atoms with E-state index in [1.165, 1.54) is 5.56 Å². The van der Waals surface area contributed by atoms with Crippen molar-refractivity contribution in [3.63, 3.8) is 0 Å². The Morgan fingerprint density at radius 1 is 1.37 bits per heavy atom. The lowest BCUT2D eigenvalue weighted by Gasteiger charge is -2.17. The maximum Gasteiger partial charge on any atom is 0.0931 e. The first-order valence-corrected chi connectivity index (χ1v) is 6.60. The van der Waals surface area contributed by atoms with Gasteiger partial charge in [-0.15, -0.1) is 0 Å². The number of aromatic amines is 1. The van der Waals surface area contributed by atoms with Crippen LogP contribution in [0.1, 0.15) is 5.56 Å². The minimum Gasteiger partial charge on any atom is -0.383 e. The number of imidazole rings is 1. The van der Waals surface area contributed by atoms with Gasteiger partial charge in [0.05, 0.1) is 24.0 Å². The molecule has 0 amide bonds. The number of ether oxygens (including phenoxy) is 1. The number of nitrogens with one attached hydrogen (secondary N) is 2. The van der Waals surface area contributed by atoms with E-state index in [0.717, 1.165) is 43.8 Å².